The summed E-state index contributed by atoms with van der Waals surface area (Å²) in [6.07, 6.45) is 6.54. The second kappa shape index (κ2) is 6.33. The Morgan fingerprint density at radius 2 is 2.04 bits per heavy atom. The Bertz CT molecular complexity index is 702. The molecule has 5 rings (SSSR count). The number of H-pyrrole nitrogens is 1. The van der Waals surface area contributed by atoms with Gasteiger partial charge in [-0.2, -0.15) is 5.10 Å². The highest BCUT2D eigenvalue weighted by atomic mass is 15.3. The van der Waals surface area contributed by atoms with Crippen molar-refractivity contribution in [3.63, 3.8) is 0 Å². The topological polar surface area (TPSA) is 53.0 Å². The van der Waals surface area contributed by atoms with Crippen molar-refractivity contribution in [2.45, 2.75) is 45.8 Å². The number of nitrogens with one attached hydrogen (secondary N) is 1. The minimum absolute atomic E-state index is 0.655. The largest absolute Gasteiger partial charge is 0.348 e. The molecular weight excluding hydrogens is 300 g/mol. The molecule has 0 aromatic carbocycles. The molecule has 130 valence electrons. The fourth-order valence-electron chi connectivity index (χ4n) is 4.28. The van der Waals surface area contributed by atoms with Gasteiger partial charge in [0.05, 0.1) is 18.2 Å². The third-order valence-corrected chi connectivity index (χ3v) is 5.92. The summed E-state index contributed by atoms with van der Waals surface area (Å²) >= 11 is 0. The lowest BCUT2D eigenvalue weighted by Crippen LogP contribution is -2.43. The zero-order valence-electron chi connectivity index (χ0n) is 15.0. The number of imidazole rings is 1. The summed E-state index contributed by atoms with van der Waals surface area (Å²) in [5.41, 5.74) is 5.07. The number of aryl methyl sites for hydroxylation is 2. The van der Waals surface area contributed by atoms with Crippen LogP contribution in [0.4, 0.5) is 0 Å². The first-order chi connectivity index (χ1) is 11.6. The van der Waals surface area contributed by atoms with E-state index in [1.165, 1.54) is 48.6 Å². The van der Waals surface area contributed by atoms with Gasteiger partial charge in [-0.1, -0.05) is 0 Å². The average molecular weight is 328 g/mol. The van der Waals surface area contributed by atoms with Gasteiger partial charge in [0.2, 0.25) is 0 Å². The van der Waals surface area contributed by atoms with E-state index in [4.69, 9.17) is 0 Å². The molecule has 2 unspecified atom stereocenters. The maximum atomic E-state index is 4.49. The molecule has 2 aromatic heterocycles. The lowest BCUT2D eigenvalue weighted by molar-refractivity contribution is 0.123. The van der Waals surface area contributed by atoms with Gasteiger partial charge in [0.25, 0.3) is 0 Å². The molecule has 0 amide bonds. The molecule has 0 saturated carbocycles. The molecule has 0 aliphatic carbocycles. The molecule has 24 heavy (non-hydrogen) atoms. The van der Waals surface area contributed by atoms with Crippen molar-refractivity contribution < 1.29 is 0 Å². The molecule has 2 aromatic rings. The minimum Gasteiger partial charge on any atom is -0.348 e. The number of piperidine rings is 1. The summed E-state index contributed by atoms with van der Waals surface area (Å²) in [6, 6.07) is 0.655. The standard InChI is InChI=1S/C18H28N6/c1-13-18(20-12-19-13)11-23-7-15-4-5-17(10-23)24(8-15)9-16-6-21-22(3)14(16)2/h6,12,15,17H,4-5,7-11H2,1-3H3,(H,19,20). The van der Waals surface area contributed by atoms with E-state index in [9.17, 15) is 0 Å². The summed E-state index contributed by atoms with van der Waals surface area (Å²) in [4.78, 5) is 13.0. The number of hydrogen-bond acceptors (Lipinski definition) is 4. The Hall–Kier alpha value is -1.66. The van der Waals surface area contributed by atoms with Crippen LogP contribution in [-0.4, -0.2) is 55.2 Å². The van der Waals surface area contributed by atoms with Gasteiger partial charge < -0.3 is 4.98 Å². The highest BCUT2D eigenvalue weighted by Crippen LogP contribution is 2.30. The van der Waals surface area contributed by atoms with Crippen LogP contribution >= 0.6 is 0 Å². The quantitative estimate of drug-likeness (QED) is 0.931. The predicted octanol–water partition coefficient (Wildman–Crippen LogP) is 1.86. The summed E-state index contributed by atoms with van der Waals surface area (Å²) in [7, 11) is 2.03. The van der Waals surface area contributed by atoms with Crippen molar-refractivity contribution in [1.29, 1.82) is 0 Å². The number of aromatic amines is 1. The molecule has 0 spiro atoms. The fourth-order valence-corrected chi connectivity index (χ4v) is 4.28. The average Bonchev–Trinajstić information content (AvgIpc) is 2.97. The van der Waals surface area contributed by atoms with Gasteiger partial charge in [0.15, 0.2) is 0 Å². The third kappa shape index (κ3) is 3.00. The van der Waals surface area contributed by atoms with E-state index in [1.807, 2.05) is 24.3 Å². The van der Waals surface area contributed by atoms with Crippen molar-refractivity contribution in [1.82, 2.24) is 29.5 Å². The highest BCUT2D eigenvalue weighted by Gasteiger charge is 2.35. The van der Waals surface area contributed by atoms with Gasteiger partial charge in [-0.25, -0.2) is 4.98 Å². The van der Waals surface area contributed by atoms with Crippen LogP contribution in [0.3, 0.4) is 0 Å². The van der Waals surface area contributed by atoms with Gasteiger partial charge in [-0.3, -0.25) is 14.5 Å². The number of hydrogen-bond donors (Lipinski definition) is 1. The molecule has 0 radical (unpaired) electrons. The Kier molecular flexibility index (Phi) is 4.18. The molecule has 3 saturated heterocycles. The molecule has 6 nitrogen and oxygen atoms in total. The summed E-state index contributed by atoms with van der Waals surface area (Å²) in [5.74, 6) is 0.778. The van der Waals surface area contributed by atoms with E-state index in [1.54, 1.807) is 0 Å². The zero-order valence-corrected chi connectivity index (χ0v) is 15.0. The van der Waals surface area contributed by atoms with Gasteiger partial charge in [-0.15, -0.1) is 0 Å². The molecule has 3 aliphatic heterocycles. The van der Waals surface area contributed by atoms with E-state index >= 15 is 0 Å². The van der Waals surface area contributed by atoms with Crippen LogP contribution in [0.5, 0.6) is 0 Å². The summed E-state index contributed by atoms with van der Waals surface area (Å²) in [6.45, 7) is 9.87. The van der Waals surface area contributed by atoms with Crippen LogP contribution in [0.25, 0.3) is 0 Å². The normalized spacial score (nSPS) is 25.3. The molecule has 5 heterocycles. The van der Waals surface area contributed by atoms with Gasteiger partial charge in [0.1, 0.15) is 0 Å². The van der Waals surface area contributed by atoms with Gasteiger partial charge in [0, 0.05) is 62.8 Å². The third-order valence-electron chi connectivity index (χ3n) is 5.92. The van der Waals surface area contributed by atoms with Crippen LogP contribution in [0.2, 0.25) is 0 Å². The fraction of sp³-hybridized carbons (Fsp3) is 0.667. The molecule has 3 aliphatic rings. The molecule has 2 bridgehead atoms. The maximum Gasteiger partial charge on any atom is 0.0925 e. The van der Waals surface area contributed by atoms with Crippen LogP contribution in [-0.2, 0) is 20.1 Å². The van der Waals surface area contributed by atoms with Gasteiger partial charge in [-0.05, 0) is 32.6 Å². The van der Waals surface area contributed by atoms with Crippen molar-refractivity contribution in [2.75, 3.05) is 19.6 Å². The van der Waals surface area contributed by atoms with E-state index < -0.39 is 0 Å². The molecular formula is C18H28N6. The number of nitrogens with zero attached hydrogens (tertiary/aromatic N) is 5. The van der Waals surface area contributed by atoms with E-state index in [-0.39, 0.29) is 0 Å². The Labute approximate surface area is 143 Å². The SMILES string of the molecule is Cc1[nH]cnc1CN1CC2CCC(C1)N(Cc1cnn(C)c1C)C2. The second-order valence-corrected chi connectivity index (χ2v) is 7.57. The van der Waals surface area contributed by atoms with Crippen molar-refractivity contribution in [3.8, 4) is 0 Å². The Morgan fingerprint density at radius 3 is 2.75 bits per heavy atom. The zero-order chi connectivity index (χ0) is 16.7. The first-order valence-electron chi connectivity index (χ1n) is 9.03. The maximum absolute atomic E-state index is 4.49. The minimum atomic E-state index is 0.655. The lowest BCUT2D eigenvalue weighted by atomic mass is 9.94. The van der Waals surface area contributed by atoms with Crippen molar-refractivity contribution >= 4 is 0 Å². The summed E-state index contributed by atoms with van der Waals surface area (Å²) in [5, 5.41) is 4.41. The summed E-state index contributed by atoms with van der Waals surface area (Å²) < 4.78 is 1.98. The molecule has 6 heteroatoms. The first-order valence-corrected chi connectivity index (χ1v) is 9.03. The Balaban J connectivity index is 1.46. The molecule has 2 atom stereocenters. The van der Waals surface area contributed by atoms with E-state index in [0.29, 0.717) is 6.04 Å². The van der Waals surface area contributed by atoms with Crippen molar-refractivity contribution in [3.05, 3.63) is 35.2 Å². The van der Waals surface area contributed by atoms with Crippen molar-refractivity contribution in [2.24, 2.45) is 13.0 Å². The van der Waals surface area contributed by atoms with Crippen LogP contribution in [0, 0.1) is 19.8 Å². The number of aromatic nitrogens is 4. The first kappa shape index (κ1) is 15.8. The number of fused-ring (bicyclic) bond motifs is 4. The van der Waals surface area contributed by atoms with E-state index in [2.05, 4.69) is 38.7 Å². The van der Waals surface area contributed by atoms with Crippen LogP contribution in [0.15, 0.2) is 12.5 Å². The van der Waals surface area contributed by atoms with Crippen LogP contribution < -0.4 is 0 Å². The van der Waals surface area contributed by atoms with Gasteiger partial charge >= 0.3 is 0 Å². The smallest absolute Gasteiger partial charge is 0.0925 e. The number of rotatable bonds is 4. The highest BCUT2D eigenvalue weighted by molar-refractivity contribution is 5.16. The lowest BCUT2D eigenvalue weighted by Gasteiger charge is -2.36. The Morgan fingerprint density at radius 1 is 1.17 bits per heavy atom. The van der Waals surface area contributed by atoms with Crippen LogP contribution in [0.1, 0.15) is 35.5 Å². The molecule has 3 fully saturated rings. The monoisotopic (exact) mass is 328 g/mol. The van der Waals surface area contributed by atoms with E-state index in [0.717, 1.165) is 25.6 Å². The predicted molar refractivity (Wildman–Crippen MR) is 93.5 cm³/mol. The molecule has 1 N–H and O–H groups in total. The second-order valence-electron chi connectivity index (χ2n) is 7.57.